The first-order chi connectivity index (χ1) is 32.7. The monoisotopic (exact) mass is 842 g/mol. The minimum Gasteiger partial charge on any atom is -0.455 e. The maximum atomic E-state index is 6.78. The van der Waals surface area contributed by atoms with Crippen molar-refractivity contribution in [2.45, 2.75) is 0 Å². The topological polar surface area (TPSA) is 52.1 Å². The predicted octanol–water partition coefficient (Wildman–Crippen LogP) is 17.1. The molecule has 3 aromatic heterocycles. The van der Waals surface area contributed by atoms with E-state index in [1.165, 1.54) is 11.1 Å². The zero-order chi connectivity index (χ0) is 43.6. The van der Waals surface area contributed by atoms with Gasteiger partial charge >= 0.3 is 0 Å². The van der Waals surface area contributed by atoms with Gasteiger partial charge in [0.05, 0.1) is 11.4 Å². The fraction of sp³-hybridized carbons (Fsp3) is 0. The normalized spacial score (nSPS) is 11.6. The van der Waals surface area contributed by atoms with E-state index >= 15 is 0 Å². The van der Waals surface area contributed by atoms with Crippen LogP contribution in [0.1, 0.15) is 0 Å². The highest BCUT2D eigenvalue weighted by molar-refractivity contribution is 6.23. The number of fused-ring (bicyclic) bond motifs is 8. The first-order valence-electron chi connectivity index (χ1n) is 22.3. The molecule has 4 heteroatoms. The quantitative estimate of drug-likeness (QED) is 0.160. The number of benzene rings is 10. The van der Waals surface area contributed by atoms with Crippen molar-refractivity contribution in [3.05, 3.63) is 231 Å². The van der Waals surface area contributed by atoms with Gasteiger partial charge in [-0.3, -0.25) is 0 Å². The number of furan rings is 2. The van der Waals surface area contributed by atoms with Gasteiger partial charge < -0.3 is 8.83 Å². The molecule has 308 valence electrons. The molecule has 0 N–H and O–H groups in total. The molecule has 0 unspecified atom stereocenters. The Kier molecular flexibility index (Phi) is 8.81. The van der Waals surface area contributed by atoms with Crippen molar-refractivity contribution in [1.29, 1.82) is 0 Å². The zero-order valence-corrected chi connectivity index (χ0v) is 35.7. The van der Waals surface area contributed by atoms with Crippen LogP contribution in [0.5, 0.6) is 0 Å². The summed E-state index contributed by atoms with van der Waals surface area (Å²) < 4.78 is 13.4. The van der Waals surface area contributed by atoms with Crippen molar-refractivity contribution in [2.24, 2.45) is 0 Å². The number of para-hydroxylation sites is 2. The average Bonchev–Trinajstić information content (AvgIpc) is 3.98. The van der Waals surface area contributed by atoms with Crippen LogP contribution < -0.4 is 0 Å². The van der Waals surface area contributed by atoms with E-state index in [1.807, 2.05) is 24.3 Å². The van der Waals surface area contributed by atoms with Crippen molar-refractivity contribution in [2.75, 3.05) is 0 Å². The second-order valence-corrected chi connectivity index (χ2v) is 16.8. The summed E-state index contributed by atoms with van der Waals surface area (Å²) in [5.74, 6) is 0.675. The van der Waals surface area contributed by atoms with Crippen LogP contribution in [-0.4, -0.2) is 9.97 Å². The molecular formula is C62H38N2O2. The lowest BCUT2D eigenvalue weighted by molar-refractivity contribution is 0.670. The number of nitrogens with zero attached hydrogens (tertiary/aromatic N) is 2. The van der Waals surface area contributed by atoms with Crippen LogP contribution in [0.4, 0.5) is 0 Å². The molecule has 13 rings (SSSR count). The molecule has 0 spiro atoms. The van der Waals surface area contributed by atoms with Crippen LogP contribution in [0, 0.1) is 0 Å². The second kappa shape index (κ2) is 15.4. The van der Waals surface area contributed by atoms with Gasteiger partial charge in [-0.2, -0.15) is 0 Å². The highest BCUT2D eigenvalue weighted by Crippen LogP contribution is 2.45. The average molecular weight is 843 g/mol. The standard InChI is InChI=1S/C62H38N2O2/c1-3-13-39(14-4-1)41-25-31-44(32-26-41)55-38-56(64-62(63-55)46-35-27-42(28-36-46)40-15-5-2-6-16-40)45-33-29-43(30-34-45)47-20-12-24-58-59(47)54-37-53(48-17-7-8-19-50(48)61(54)66-58)52-22-11-21-51-49-18-9-10-23-57(49)65-60(51)52/h1-38H. The minimum atomic E-state index is 0.675. The number of aromatic nitrogens is 2. The Morgan fingerprint density at radius 3 is 1.38 bits per heavy atom. The summed E-state index contributed by atoms with van der Waals surface area (Å²) >= 11 is 0. The summed E-state index contributed by atoms with van der Waals surface area (Å²) in [4.78, 5) is 10.4. The SMILES string of the molecule is c1ccc(-c2ccc(-c3cc(-c4ccc(-c5cccc6oc7c8ccccc8c(-c8cccc9c8oc8ccccc89)cc7c56)cc4)nc(-c4ccc(-c5ccccc5)cc4)n3)cc2)cc1. The smallest absolute Gasteiger partial charge is 0.160 e. The van der Waals surface area contributed by atoms with E-state index in [-0.39, 0.29) is 0 Å². The van der Waals surface area contributed by atoms with Crippen LogP contribution in [0.2, 0.25) is 0 Å². The summed E-state index contributed by atoms with van der Waals surface area (Å²) in [5.41, 5.74) is 17.2. The Bertz CT molecular complexity index is 3840. The lowest BCUT2D eigenvalue weighted by Gasteiger charge is -2.12. The highest BCUT2D eigenvalue weighted by atomic mass is 16.3. The van der Waals surface area contributed by atoms with Crippen LogP contribution in [0.25, 0.3) is 133 Å². The van der Waals surface area contributed by atoms with Gasteiger partial charge in [0.25, 0.3) is 0 Å². The van der Waals surface area contributed by atoms with Crippen LogP contribution in [0.3, 0.4) is 0 Å². The first kappa shape index (κ1) is 37.7. The summed E-state index contributed by atoms with van der Waals surface area (Å²) in [7, 11) is 0. The minimum absolute atomic E-state index is 0.675. The van der Waals surface area contributed by atoms with E-state index in [1.54, 1.807) is 0 Å². The van der Waals surface area contributed by atoms with Crippen LogP contribution in [-0.2, 0) is 0 Å². The Hall–Kier alpha value is -8.86. The van der Waals surface area contributed by atoms with Gasteiger partial charge in [0, 0.05) is 49.2 Å². The Morgan fingerprint density at radius 2 is 0.712 bits per heavy atom. The van der Waals surface area contributed by atoms with E-state index in [0.29, 0.717) is 5.82 Å². The lowest BCUT2D eigenvalue weighted by atomic mass is 9.92. The third kappa shape index (κ3) is 6.38. The molecule has 0 radical (unpaired) electrons. The molecule has 0 saturated carbocycles. The fourth-order valence-corrected chi connectivity index (χ4v) is 9.67. The molecule has 0 aliphatic carbocycles. The van der Waals surface area contributed by atoms with Gasteiger partial charge in [0.1, 0.15) is 22.3 Å². The molecular weight excluding hydrogens is 805 g/mol. The largest absolute Gasteiger partial charge is 0.455 e. The highest BCUT2D eigenvalue weighted by Gasteiger charge is 2.21. The molecule has 0 atom stereocenters. The summed E-state index contributed by atoms with van der Waals surface area (Å²) in [6.07, 6.45) is 0. The number of rotatable bonds is 7. The molecule has 13 aromatic rings. The van der Waals surface area contributed by atoms with Gasteiger partial charge in [-0.15, -0.1) is 0 Å². The maximum absolute atomic E-state index is 6.78. The van der Waals surface area contributed by atoms with Crippen LogP contribution in [0.15, 0.2) is 239 Å². The molecule has 0 aliphatic heterocycles. The van der Waals surface area contributed by atoms with Gasteiger partial charge in [-0.1, -0.05) is 206 Å². The molecule has 4 nitrogen and oxygen atoms in total. The van der Waals surface area contributed by atoms with Crippen LogP contribution >= 0.6 is 0 Å². The molecule has 66 heavy (non-hydrogen) atoms. The van der Waals surface area contributed by atoms with Crippen molar-refractivity contribution in [3.8, 4) is 78.4 Å². The second-order valence-electron chi connectivity index (χ2n) is 16.8. The van der Waals surface area contributed by atoms with Crippen molar-refractivity contribution >= 4 is 54.6 Å². The van der Waals surface area contributed by atoms with E-state index in [4.69, 9.17) is 18.8 Å². The zero-order valence-electron chi connectivity index (χ0n) is 35.7. The van der Waals surface area contributed by atoms with Gasteiger partial charge in [-0.05, 0) is 68.6 Å². The number of hydrogen-bond donors (Lipinski definition) is 0. The Morgan fingerprint density at radius 1 is 0.258 bits per heavy atom. The van der Waals surface area contributed by atoms with Crippen molar-refractivity contribution in [3.63, 3.8) is 0 Å². The fourth-order valence-electron chi connectivity index (χ4n) is 9.67. The molecule has 10 aromatic carbocycles. The van der Waals surface area contributed by atoms with Gasteiger partial charge in [0.2, 0.25) is 0 Å². The maximum Gasteiger partial charge on any atom is 0.160 e. The Balaban J connectivity index is 0.926. The van der Waals surface area contributed by atoms with Crippen molar-refractivity contribution < 1.29 is 8.83 Å². The predicted molar refractivity (Wildman–Crippen MR) is 272 cm³/mol. The van der Waals surface area contributed by atoms with E-state index in [0.717, 1.165) is 116 Å². The Labute approximate surface area is 380 Å². The number of hydrogen-bond acceptors (Lipinski definition) is 4. The summed E-state index contributed by atoms with van der Waals surface area (Å²) in [6, 6.07) is 80.8. The third-order valence-electron chi connectivity index (χ3n) is 13.0. The summed E-state index contributed by atoms with van der Waals surface area (Å²) in [5, 5.41) is 6.54. The molecule has 3 heterocycles. The van der Waals surface area contributed by atoms with Gasteiger partial charge in [-0.25, -0.2) is 9.97 Å². The van der Waals surface area contributed by atoms with E-state index in [9.17, 15) is 0 Å². The lowest BCUT2D eigenvalue weighted by Crippen LogP contribution is -1.96. The van der Waals surface area contributed by atoms with Gasteiger partial charge in [0.15, 0.2) is 5.82 Å². The van der Waals surface area contributed by atoms with E-state index < -0.39 is 0 Å². The molecule has 0 bridgehead atoms. The summed E-state index contributed by atoms with van der Waals surface area (Å²) in [6.45, 7) is 0. The molecule has 0 aliphatic rings. The molecule has 0 fully saturated rings. The molecule has 0 saturated heterocycles. The third-order valence-corrected chi connectivity index (χ3v) is 13.0. The first-order valence-corrected chi connectivity index (χ1v) is 22.3. The van der Waals surface area contributed by atoms with Crippen molar-refractivity contribution in [1.82, 2.24) is 9.97 Å². The molecule has 0 amide bonds. The van der Waals surface area contributed by atoms with E-state index in [2.05, 4.69) is 206 Å².